The minimum atomic E-state index is -3.92. The van der Waals surface area contributed by atoms with E-state index in [4.69, 9.17) is 19.2 Å². The van der Waals surface area contributed by atoms with Crippen LogP contribution in [0.5, 0.6) is 5.75 Å². The number of primary sulfonamides is 1. The zero-order valence-corrected chi connectivity index (χ0v) is 15.2. The zero-order valence-electron chi connectivity index (χ0n) is 14.4. The molecule has 128 valence electrons. The number of ether oxygens (including phenoxy) is 1. The van der Waals surface area contributed by atoms with E-state index < -0.39 is 28.3 Å². The normalized spacial score (nSPS) is 20.1. The Morgan fingerprint density at radius 1 is 1.13 bits per heavy atom. The summed E-state index contributed by atoms with van der Waals surface area (Å²) in [6.07, 6.45) is -0.168. The van der Waals surface area contributed by atoms with Crippen LogP contribution in [0.25, 0.3) is 0 Å². The second kappa shape index (κ2) is 5.77. The SMILES string of the molecule is CC(C)Oc1ccc(B2OC(C)(C)C(C)(C)O2)cc1S(N)(=O)=O. The maximum Gasteiger partial charge on any atom is 0.494 e. The lowest BCUT2D eigenvalue weighted by molar-refractivity contribution is 0.00578. The predicted molar refractivity (Wildman–Crippen MR) is 89.3 cm³/mol. The Bertz CT molecular complexity index is 684. The summed E-state index contributed by atoms with van der Waals surface area (Å²) >= 11 is 0. The molecule has 0 unspecified atom stereocenters. The topological polar surface area (TPSA) is 87.8 Å². The van der Waals surface area contributed by atoms with Crippen molar-refractivity contribution < 1.29 is 22.5 Å². The highest BCUT2D eigenvalue weighted by Crippen LogP contribution is 2.36. The van der Waals surface area contributed by atoms with Crippen molar-refractivity contribution in [3.8, 4) is 5.75 Å². The molecule has 1 aliphatic heterocycles. The summed E-state index contributed by atoms with van der Waals surface area (Å²) in [5, 5.41) is 5.32. The maximum atomic E-state index is 11.9. The summed E-state index contributed by atoms with van der Waals surface area (Å²) in [7, 11) is -4.58. The van der Waals surface area contributed by atoms with Gasteiger partial charge in [0.25, 0.3) is 0 Å². The fraction of sp³-hybridized carbons (Fsp3) is 0.600. The number of sulfonamides is 1. The summed E-state index contributed by atoms with van der Waals surface area (Å²) < 4.78 is 41.2. The van der Waals surface area contributed by atoms with Crippen LogP contribution in [0.3, 0.4) is 0 Å². The van der Waals surface area contributed by atoms with Crippen LogP contribution in [-0.2, 0) is 19.3 Å². The Hall–Kier alpha value is -1.09. The number of hydrogen-bond donors (Lipinski definition) is 1. The minimum Gasteiger partial charge on any atom is -0.490 e. The molecule has 0 radical (unpaired) electrons. The zero-order chi connectivity index (χ0) is 17.6. The molecule has 0 atom stereocenters. The van der Waals surface area contributed by atoms with Gasteiger partial charge in [0.1, 0.15) is 10.6 Å². The molecular weight excluding hydrogens is 317 g/mol. The highest BCUT2D eigenvalue weighted by atomic mass is 32.2. The Kier molecular flexibility index (Phi) is 4.58. The van der Waals surface area contributed by atoms with E-state index in [0.717, 1.165) is 0 Å². The second-order valence-electron chi connectivity index (χ2n) is 7.01. The smallest absolute Gasteiger partial charge is 0.490 e. The molecule has 2 N–H and O–H groups in total. The molecule has 1 aromatic carbocycles. The molecular formula is C15H24BNO5S. The molecule has 1 fully saturated rings. The van der Waals surface area contributed by atoms with Gasteiger partial charge in [-0.05, 0) is 59.1 Å². The number of nitrogens with two attached hydrogens (primary N) is 1. The van der Waals surface area contributed by atoms with E-state index in [9.17, 15) is 8.42 Å². The quantitative estimate of drug-likeness (QED) is 0.837. The van der Waals surface area contributed by atoms with Gasteiger partial charge in [-0.2, -0.15) is 0 Å². The third kappa shape index (κ3) is 3.71. The van der Waals surface area contributed by atoms with E-state index in [2.05, 4.69) is 0 Å². The Morgan fingerprint density at radius 2 is 1.65 bits per heavy atom. The second-order valence-corrected chi connectivity index (χ2v) is 8.54. The third-order valence-electron chi connectivity index (χ3n) is 4.16. The van der Waals surface area contributed by atoms with Crippen molar-refractivity contribution in [2.24, 2.45) is 5.14 Å². The molecule has 1 saturated heterocycles. The first-order valence-corrected chi connectivity index (χ1v) is 9.07. The van der Waals surface area contributed by atoms with Gasteiger partial charge in [-0.3, -0.25) is 0 Å². The highest BCUT2D eigenvalue weighted by molar-refractivity contribution is 7.89. The van der Waals surface area contributed by atoms with Crippen molar-refractivity contribution in [1.29, 1.82) is 0 Å². The summed E-state index contributed by atoms with van der Waals surface area (Å²) in [6.45, 7) is 11.4. The highest BCUT2D eigenvalue weighted by Gasteiger charge is 2.51. The molecule has 6 nitrogen and oxygen atoms in total. The van der Waals surface area contributed by atoms with Crippen LogP contribution < -0.4 is 15.3 Å². The molecule has 0 bridgehead atoms. The molecule has 0 saturated carbocycles. The first-order chi connectivity index (χ1) is 10.3. The van der Waals surface area contributed by atoms with E-state index in [-0.39, 0.29) is 16.7 Å². The van der Waals surface area contributed by atoms with Crippen molar-refractivity contribution in [2.45, 2.75) is 63.7 Å². The van der Waals surface area contributed by atoms with Gasteiger partial charge in [-0.1, -0.05) is 6.07 Å². The Balaban J connectivity index is 2.43. The minimum absolute atomic E-state index is 0.0709. The van der Waals surface area contributed by atoms with Crippen molar-refractivity contribution in [2.75, 3.05) is 0 Å². The standard InChI is InChI=1S/C15H24BNO5S/c1-10(2)20-12-8-7-11(9-13(12)23(17,18)19)16-21-14(3,4)15(5,6)22-16/h7-10H,1-6H3,(H2,17,18,19). The fourth-order valence-corrected chi connectivity index (χ4v) is 2.92. The first kappa shape index (κ1) is 18.3. The van der Waals surface area contributed by atoms with E-state index in [1.165, 1.54) is 6.07 Å². The van der Waals surface area contributed by atoms with Gasteiger partial charge >= 0.3 is 7.12 Å². The molecule has 1 aromatic rings. The van der Waals surface area contributed by atoms with Gasteiger partial charge in [0.05, 0.1) is 17.3 Å². The monoisotopic (exact) mass is 341 g/mol. The van der Waals surface area contributed by atoms with E-state index in [1.54, 1.807) is 12.1 Å². The van der Waals surface area contributed by atoms with Crippen LogP contribution in [0.4, 0.5) is 0 Å². The van der Waals surface area contributed by atoms with Crippen molar-refractivity contribution in [3.63, 3.8) is 0 Å². The van der Waals surface area contributed by atoms with Crippen molar-refractivity contribution in [1.82, 2.24) is 0 Å². The molecule has 1 aliphatic rings. The Morgan fingerprint density at radius 3 is 2.09 bits per heavy atom. The van der Waals surface area contributed by atoms with Crippen LogP contribution in [0.15, 0.2) is 23.1 Å². The summed E-state index contributed by atoms with van der Waals surface area (Å²) in [6, 6.07) is 4.77. The molecule has 8 heteroatoms. The lowest BCUT2D eigenvalue weighted by atomic mass is 9.79. The summed E-state index contributed by atoms with van der Waals surface area (Å²) in [5.41, 5.74) is -0.428. The summed E-state index contributed by atoms with van der Waals surface area (Å²) in [4.78, 5) is -0.0709. The third-order valence-corrected chi connectivity index (χ3v) is 5.09. The van der Waals surface area contributed by atoms with Crippen molar-refractivity contribution >= 4 is 22.6 Å². The van der Waals surface area contributed by atoms with Crippen LogP contribution in [0.1, 0.15) is 41.5 Å². The Labute approximate surface area is 138 Å². The average Bonchev–Trinajstić information content (AvgIpc) is 2.56. The predicted octanol–water partition coefficient (Wildman–Crippen LogP) is 1.42. The van der Waals surface area contributed by atoms with Crippen LogP contribution >= 0.6 is 0 Å². The van der Waals surface area contributed by atoms with E-state index in [1.807, 2.05) is 41.5 Å². The molecule has 1 heterocycles. The fourth-order valence-electron chi connectivity index (χ4n) is 2.22. The van der Waals surface area contributed by atoms with Crippen LogP contribution in [0, 0.1) is 0 Å². The van der Waals surface area contributed by atoms with E-state index >= 15 is 0 Å². The average molecular weight is 341 g/mol. The molecule has 0 aromatic heterocycles. The van der Waals surface area contributed by atoms with Crippen LogP contribution in [0.2, 0.25) is 0 Å². The molecule has 0 spiro atoms. The number of hydrogen-bond acceptors (Lipinski definition) is 5. The maximum absolute atomic E-state index is 11.9. The van der Waals surface area contributed by atoms with Crippen LogP contribution in [-0.4, -0.2) is 32.8 Å². The first-order valence-electron chi connectivity index (χ1n) is 7.52. The van der Waals surface area contributed by atoms with Gasteiger partial charge in [0.2, 0.25) is 10.0 Å². The van der Waals surface area contributed by atoms with Gasteiger partial charge in [-0.25, -0.2) is 13.6 Å². The lowest BCUT2D eigenvalue weighted by Gasteiger charge is -2.32. The van der Waals surface area contributed by atoms with Gasteiger partial charge in [0.15, 0.2) is 0 Å². The molecule has 23 heavy (non-hydrogen) atoms. The van der Waals surface area contributed by atoms with E-state index in [0.29, 0.717) is 5.46 Å². The van der Waals surface area contributed by atoms with Gasteiger partial charge < -0.3 is 14.0 Å². The lowest BCUT2D eigenvalue weighted by Crippen LogP contribution is -2.41. The molecule has 2 rings (SSSR count). The molecule has 0 amide bonds. The van der Waals surface area contributed by atoms with Gasteiger partial charge in [0, 0.05) is 0 Å². The van der Waals surface area contributed by atoms with Gasteiger partial charge in [-0.15, -0.1) is 0 Å². The molecule has 0 aliphatic carbocycles. The number of benzene rings is 1. The largest absolute Gasteiger partial charge is 0.494 e. The van der Waals surface area contributed by atoms with Crippen molar-refractivity contribution in [3.05, 3.63) is 18.2 Å². The summed E-state index contributed by atoms with van der Waals surface area (Å²) in [5.74, 6) is 0.225. The number of rotatable bonds is 4.